The van der Waals surface area contributed by atoms with Gasteiger partial charge in [0.05, 0.1) is 18.7 Å². The highest BCUT2D eigenvalue weighted by Gasteiger charge is 2.17. The van der Waals surface area contributed by atoms with Crippen molar-refractivity contribution in [3.8, 4) is 5.75 Å². The minimum Gasteiger partial charge on any atom is -0.493 e. The molecule has 0 aliphatic carbocycles. The lowest BCUT2D eigenvalue weighted by molar-refractivity contribution is -0.136. The number of aromatic nitrogens is 1. The zero-order valence-electron chi connectivity index (χ0n) is 11.8. The summed E-state index contributed by atoms with van der Waals surface area (Å²) >= 11 is 7.59. The number of hydrogen-bond donors (Lipinski definition) is 2. The Bertz CT molecular complexity index is 702. The number of hydrogen-bond acceptors (Lipinski definition) is 5. The van der Waals surface area contributed by atoms with Crippen molar-refractivity contribution in [2.45, 2.75) is 25.9 Å². The van der Waals surface area contributed by atoms with E-state index in [-0.39, 0.29) is 6.42 Å². The van der Waals surface area contributed by atoms with Crippen LogP contribution in [0.5, 0.6) is 5.75 Å². The third-order valence-electron chi connectivity index (χ3n) is 3.35. The number of fused-ring (bicyclic) bond motifs is 1. The maximum absolute atomic E-state index is 10.6. The number of carboxylic acid groups (broad SMARTS) is 1. The lowest BCUT2D eigenvalue weighted by Gasteiger charge is -2.09. The van der Waals surface area contributed by atoms with Gasteiger partial charge in [0, 0.05) is 35.5 Å². The molecule has 0 bridgehead atoms. The summed E-state index contributed by atoms with van der Waals surface area (Å²) < 4.78 is 5.66. The number of benzene rings is 1. The predicted molar refractivity (Wildman–Crippen MR) is 84.6 cm³/mol. The van der Waals surface area contributed by atoms with Crippen LogP contribution in [0.4, 0.5) is 0 Å². The van der Waals surface area contributed by atoms with Crippen LogP contribution in [-0.4, -0.2) is 22.7 Å². The van der Waals surface area contributed by atoms with Crippen LogP contribution in [0, 0.1) is 0 Å². The first-order valence-electron chi connectivity index (χ1n) is 6.91. The molecule has 5 nitrogen and oxygen atoms in total. The van der Waals surface area contributed by atoms with Crippen molar-refractivity contribution in [2.75, 3.05) is 6.61 Å². The second-order valence-electron chi connectivity index (χ2n) is 5.06. The Labute approximate surface area is 136 Å². The van der Waals surface area contributed by atoms with E-state index in [4.69, 9.17) is 21.4 Å². The van der Waals surface area contributed by atoms with E-state index in [1.165, 1.54) is 11.3 Å². The number of ether oxygens (including phenoxy) is 1. The molecule has 22 heavy (non-hydrogen) atoms. The Hall–Kier alpha value is -1.63. The summed E-state index contributed by atoms with van der Waals surface area (Å²) in [6.07, 6.45) is 0.861. The van der Waals surface area contributed by atoms with Gasteiger partial charge < -0.3 is 15.2 Å². The first-order chi connectivity index (χ1) is 10.6. The minimum atomic E-state index is -0.864. The molecular weight excluding hydrogens is 324 g/mol. The average Bonchev–Trinajstić information content (AvgIpc) is 3.07. The fourth-order valence-corrected chi connectivity index (χ4v) is 3.47. The Balaban J connectivity index is 1.59. The molecule has 0 radical (unpaired) electrons. The first kappa shape index (κ1) is 15.3. The Morgan fingerprint density at radius 1 is 1.45 bits per heavy atom. The molecular formula is C15H15ClN2O3S. The zero-order valence-corrected chi connectivity index (χ0v) is 13.3. The summed E-state index contributed by atoms with van der Waals surface area (Å²) in [6.45, 7) is 1.93. The Kier molecular flexibility index (Phi) is 4.61. The van der Waals surface area contributed by atoms with Gasteiger partial charge in [0.1, 0.15) is 10.8 Å². The van der Waals surface area contributed by atoms with Gasteiger partial charge in [-0.15, -0.1) is 11.3 Å². The van der Waals surface area contributed by atoms with Crippen LogP contribution in [0.15, 0.2) is 17.5 Å². The summed E-state index contributed by atoms with van der Waals surface area (Å²) in [7, 11) is 0. The molecule has 3 rings (SSSR count). The fourth-order valence-electron chi connectivity index (χ4n) is 2.45. The standard InChI is InChI=1S/C15H15ClN2O3S/c16-11-3-9-1-2-21-15(9)10(4-11)6-17-7-13-18-12(8-22-13)5-14(19)20/h3-4,8,17H,1-2,5-7H2,(H,19,20). The van der Waals surface area contributed by atoms with Crippen molar-refractivity contribution >= 4 is 28.9 Å². The third-order valence-corrected chi connectivity index (χ3v) is 4.46. The van der Waals surface area contributed by atoms with E-state index in [0.717, 1.165) is 33.3 Å². The zero-order chi connectivity index (χ0) is 15.5. The summed E-state index contributed by atoms with van der Waals surface area (Å²) in [5.74, 6) is 0.0686. The van der Waals surface area contributed by atoms with E-state index in [1.807, 2.05) is 12.1 Å². The highest BCUT2D eigenvalue weighted by atomic mass is 35.5. The van der Waals surface area contributed by atoms with Crippen molar-refractivity contribution in [1.29, 1.82) is 0 Å². The molecule has 7 heteroatoms. The fraction of sp³-hybridized carbons (Fsp3) is 0.333. The summed E-state index contributed by atoms with van der Waals surface area (Å²) in [5.41, 5.74) is 2.80. The molecule has 1 aliphatic rings. The maximum atomic E-state index is 10.6. The van der Waals surface area contributed by atoms with E-state index in [0.29, 0.717) is 25.4 Å². The molecule has 116 valence electrons. The largest absolute Gasteiger partial charge is 0.493 e. The van der Waals surface area contributed by atoms with E-state index in [1.54, 1.807) is 5.38 Å². The number of thiazole rings is 1. The number of halogens is 1. The van der Waals surface area contributed by atoms with Gasteiger partial charge in [0.15, 0.2) is 0 Å². The molecule has 2 heterocycles. The van der Waals surface area contributed by atoms with Gasteiger partial charge in [-0.25, -0.2) is 4.98 Å². The van der Waals surface area contributed by atoms with Crippen molar-refractivity contribution in [3.05, 3.63) is 44.4 Å². The smallest absolute Gasteiger partial charge is 0.309 e. The predicted octanol–water partition coefficient (Wildman–Crippen LogP) is 2.65. The van der Waals surface area contributed by atoms with Crippen molar-refractivity contribution in [1.82, 2.24) is 10.3 Å². The molecule has 0 atom stereocenters. The Morgan fingerprint density at radius 3 is 3.14 bits per heavy atom. The number of carboxylic acids is 1. The lowest BCUT2D eigenvalue weighted by atomic mass is 10.1. The topological polar surface area (TPSA) is 71.5 Å². The van der Waals surface area contributed by atoms with Crippen LogP contribution >= 0.6 is 22.9 Å². The van der Waals surface area contributed by atoms with Gasteiger partial charge in [-0.05, 0) is 17.7 Å². The van der Waals surface area contributed by atoms with Crippen molar-refractivity contribution in [2.24, 2.45) is 0 Å². The Morgan fingerprint density at radius 2 is 2.32 bits per heavy atom. The summed E-state index contributed by atoms with van der Waals surface area (Å²) in [5, 5.41) is 15.4. The van der Waals surface area contributed by atoms with Crippen LogP contribution in [-0.2, 0) is 30.7 Å². The molecule has 0 saturated heterocycles. The number of carbonyl (C=O) groups is 1. The number of rotatable bonds is 6. The monoisotopic (exact) mass is 338 g/mol. The molecule has 2 aromatic rings. The molecule has 0 amide bonds. The van der Waals surface area contributed by atoms with Gasteiger partial charge in [0.2, 0.25) is 0 Å². The number of aliphatic carboxylic acids is 1. The molecule has 0 spiro atoms. The van der Waals surface area contributed by atoms with Gasteiger partial charge >= 0.3 is 5.97 Å². The van der Waals surface area contributed by atoms with E-state index in [9.17, 15) is 4.79 Å². The molecule has 1 aliphatic heterocycles. The van der Waals surface area contributed by atoms with Crippen LogP contribution in [0.1, 0.15) is 21.8 Å². The number of nitrogens with one attached hydrogen (secondary N) is 1. The van der Waals surface area contributed by atoms with E-state index >= 15 is 0 Å². The molecule has 0 fully saturated rings. The van der Waals surface area contributed by atoms with Crippen LogP contribution in [0.2, 0.25) is 5.02 Å². The lowest BCUT2D eigenvalue weighted by Crippen LogP contribution is -2.13. The average molecular weight is 339 g/mol. The third kappa shape index (κ3) is 3.58. The quantitative estimate of drug-likeness (QED) is 0.847. The normalized spacial score (nSPS) is 13.0. The molecule has 0 saturated carbocycles. The first-order valence-corrected chi connectivity index (χ1v) is 8.17. The van der Waals surface area contributed by atoms with Gasteiger partial charge in [-0.3, -0.25) is 4.79 Å². The van der Waals surface area contributed by atoms with Crippen LogP contribution in [0.25, 0.3) is 0 Å². The highest BCUT2D eigenvalue weighted by molar-refractivity contribution is 7.09. The van der Waals surface area contributed by atoms with E-state index in [2.05, 4.69) is 10.3 Å². The summed E-state index contributed by atoms with van der Waals surface area (Å²) in [6, 6.07) is 3.86. The minimum absolute atomic E-state index is 0.0356. The number of nitrogens with zero attached hydrogens (tertiary/aromatic N) is 1. The second kappa shape index (κ2) is 6.64. The SMILES string of the molecule is O=C(O)Cc1csc(CNCc2cc(Cl)cc3c2OCC3)n1. The second-order valence-corrected chi connectivity index (χ2v) is 6.44. The molecule has 1 aromatic carbocycles. The molecule has 0 unspecified atom stereocenters. The van der Waals surface area contributed by atoms with Crippen molar-refractivity contribution < 1.29 is 14.6 Å². The van der Waals surface area contributed by atoms with E-state index < -0.39 is 5.97 Å². The molecule has 1 aromatic heterocycles. The van der Waals surface area contributed by atoms with Gasteiger partial charge in [0.25, 0.3) is 0 Å². The van der Waals surface area contributed by atoms with Gasteiger partial charge in [-0.1, -0.05) is 11.6 Å². The maximum Gasteiger partial charge on any atom is 0.309 e. The van der Waals surface area contributed by atoms with Crippen molar-refractivity contribution in [3.63, 3.8) is 0 Å². The van der Waals surface area contributed by atoms with Crippen LogP contribution in [0.3, 0.4) is 0 Å². The highest BCUT2D eigenvalue weighted by Crippen LogP contribution is 2.32. The summed E-state index contributed by atoms with van der Waals surface area (Å²) in [4.78, 5) is 14.9. The molecule has 2 N–H and O–H groups in total. The van der Waals surface area contributed by atoms with Gasteiger partial charge in [-0.2, -0.15) is 0 Å². The van der Waals surface area contributed by atoms with Crippen LogP contribution < -0.4 is 10.1 Å².